The Balaban J connectivity index is 1.70. The zero-order valence-corrected chi connectivity index (χ0v) is 12.2. The third-order valence-electron chi connectivity index (χ3n) is 3.58. The fraction of sp³-hybridized carbons (Fsp3) is 0.400. The first-order valence-electron chi connectivity index (χ1n) is 6.71. The summed E-state index contributed by atoms with van der Waals surface area (Å²) in [5.41, 5.74) is 0.725. The molecule has 0 unspecified atom stereocenters. The van der Waals surface area contributed by atoms with Crippen LogP contribution in [0.25, 0.3) is 11.3 Å². The summed E-state index contributed by atoms with van der Waals surface area (Å²) in [6.45, 7) is 0.695. The molecule has 20 heavy (non-hydrogen) atoms. The van der Waals surface area contributed by atoms with Crippen LogP contribution in [0.15, 0.2) is 34.9 Å². The van der Waals surface area contributed by atoms with Crippen molar-refractivity contribution in [2.75, 3.05) is 18.6 Å². The first-order valence-corrected chi connectivity index (χ1v) is 7.86. The minimum absolute atomic E-state index is 0.263. The van der Waals surface area contributed by atoms with E-state index in [0.717, 1.165) is 5.56 Å². The number of rotatable bonds is 4. The molecule has 0 spiro atoms. The third-order valence-corrected chi connectivity index (χ3v) is 4.72. The lowest BCUT2D eigenvalue weighted by Crippen LogP contribution is -2.30. The Morgan fingerprint density at radius 3 is 3.15 bits per heavy atom. The Kier molecular flexibility index (Phi) is 4.08. The van der Waals surface area contributed by atoms with E-state index in [1.807, 2.05) is 17.8 Å². The molecule has 106 valence electrons. The highest BCUT2D eigenvalue weighted by molar-refractivity contribution is 7.99. The Bertz CT molecular complexity index is 581. The Morgan fingerprint density at radius 2 is 2.40 bits per heavy atom. The fourth-order valence-electron chi connectivity index (χ4n) is 2.37. The van der Waals surface area contributed by atoms with Gasteiger partial charge in [0.05, 0.1) is 12.7 Å². The first-order chi connectivity index (χ1) is 9.72. The Hall–Kier alpha value is -1.33. The highest BCUT2D eigenvalue weighted by atomic mass is 32.2. The molecule has 2 aromatic rings. The smallest absolute Gasteiger partial charge is 0.209 e. The van der Waals surface area contributed by atoms with Gasteiger partial charge >= 0.3 is 0 Å². The molecule has 0 amide bonds. The van der Waals surface area contributed by atoms with E-state index in [2.05, 4.69) is 16.9 Å². The van der Waals surface area contributed by atoms with E-state index in [0.29, 0.717) is 24.2 Å². The molecule has 1 aliphatic heterocycles. The highest BCUT2D eigenvalue weighted by Crippen LogP contribution is 2.24. The van der Waals surface area contributed by atoms with Gasteiger partial charge in [-0.3, -0.25) is 4.90 Å². The minimum Gasteiger partial charge on any atom is -0.439 e. The largest absolute Gasteiger partial charge is 0.439 e. The zero-order chi connectivity index (χ0) is 13.9. The molecule has 1 aromatic heterocycles. The van der Waals surface area contributed by atoms with Crippen molar-refractivity contribution in [2.24, 2.45) is 0 Å². The van der Waals surface area contributed by atoms with Crippen molar-refractivity contribution in [3.8, 4) is 11.3 Å². The summed E-state index contributed by atoms with van der Waals surface area (Å²) >= 11 is 1.99. The number of halogens is 1. The van der Waals surface area contributed by atoms with Crippen LogP contribution in [0.1, 0.15) is 12.3 Å². The first kappa shape index (κ1) is 13.6. The molecular formula is C15H17FN2OS. The van der Waals surface area contributed by atoms with Crippen molar-refractivity contribution >= 4 is 11.8 Å². The molecule has 3 rings (SSSR count). The van der Waals surface area contributed by atoms with Gasteiger partial charge in [-0.15, -0.1) is 0 Å². The number of hydrogen-bond donors (Lipinski definition) is 0. The van der Waals surface area contributed by atoms with Crippen molar-refractivity contribution in [3.63, 3.8) is 0 Å². The maximum atomic E-state index is 13.2. The van der Waals surface area contributed by atoms with Crippen molar-refractivity contribution < 1.29 is 8.81 Å². The van der Waals surface area contributed by atoms with E-state index in [-0.39, 0.29) is 5.82 Å². The lowest BCUT2D eigenvalue weighted by molar-refractivity contribution is 0.230. The minimum atomic E-state index is -0.263. The second-order valence-electron chi connectivity index (χ2n) is 5.06. The highest BCUT2D eigenvalue weighted by Gasteiger charge is 2.21. The molecule has 2 heterocycles. The molecule has 0 radical (unpaired) electrons. The molecule has 0 aliphatic carbocycles. The van der Waals surface area contributed by atoms with E-state index in [4.69, 9.17) is 4.42 Å². The number of thioether (sulfide) groups is 1. The molecule has 3 nitrogen and oxygen atoms in total. The van der Waals surface area contributed by atoms with Crippen LogP contribution in [0.5, 0.6) is 0 Å². The summed E-state index contributed by atoms with van der Waals surface area (Å²) in [5.74, 6) is 3.45. The predicted octanol–water partition coefficient (Wildman–Crippen LogP) is 3.42. The molecule has 0 saturated carbocycles. The van der Waals surface area contributed by atoms with Crippen LogP contribution >= 0.6 is 11.8 Å². The van der Waals surface area contributed by atoms with Crippen LogP contribution in [0.2, 0.25) is 0 Å². The molecular weight excluding hydrogens is 275 g/mol. The van der Waals surface area contributed by atoms with Crippen molar-refractivity contribution in [3.05, 3.63) is 42.2 Å². The van der Waals surface area contributed by atoms with Crippen LogP contribution in [-0.4, -0.2) is 34.5 Å². The van der Waals surface area contributed by atoms with Gasteiger partial charge in [-0.2, -0.15) is 11.8 Å². The quantitative estimate of drug-likeness (QED) is 0.863. The van der Waals surface area contributed by atoms with Crippen LogP contribution < -0.4 is 0 Å². The summed E-state index contributed by atoms with van der Waals surface area (Å²) in [4.78, 5) is 6.57. The number of hydrogen-bond acceptors (Lipinski definition) is 4. The number of nitrogens with zero attached hydrogens (tertiary/aromatic N) is 2. The van der Waals surface area contributed by atoms with E-state index in [1.165, 1.54) is 30.1 Å². The predicted molar refractivity (Wildman–Crippen MR) is 79.1 cm³/mol. The molecule has 5 heteroatoms. The van der Waals surface area contributed by atoms with Crippen molar-refractivity contribution in [1.82, 2.24) is 9.88 Å². The van der Waals surface area contributed by atoms with Crippen LogP contribution in [-0.2, 0) is 6.54 Å². The number of benzene rings is 1. The lowest BCUT2D eigenvalue weighted by Gasteiger charge is -2.21. The van der Waals surface area contributed by atoms with Gasteiger partial charge in [-0.1, -0.05) is 12.1 Å². The summed E-state index contributed by atoms with van der Waals surface area (Å²) < 4.78 is 18.9. The van der Waals surface area contributed by atoms with Gasteiger partial charge in [0.2, 0.25) is 5.89 Å². The summed E-state index contributed by atoms with van der Waals surface area (Å²) in [6, 6.07) is 6.98. The molecule has 1 aliphatic rings. The second-order valence-corrected chi connectivity index (χ2v) is 6.21. The summed E-state index contributed by atoms with van der Waals surface area (Å²) in [5, 5.41) is 0. The average Bonchev–Trinajstić information content (AvgIpc) is 3.10. The molecule has 1 atom stereocenters. The fourth-order valence-corrected chi connectivity index (χ4v) is 3.67. The second kappa shape index (κ2) is 5.97. The van der Waals surface area contributed by atoms with Crippen LogP contribution in [0, 0.1) is 5.82 Å². The van der Waals surface area contributed by atoms with Gasteiger partial charge in [0.1, 0.15) is 5.82 Å². The number of aromatic nitrogens is 1. The molecule has 1 saturated heterocycles. The van der Waals surface area contributed by atoms with Gasteiger partial charge in [0.15, 0.2) is 5.76 Å². The maximum Gasteiger partial charge on any atom is 0.209 e. The topological polar surface area (TPSA) is 29.3 Å². The van der Waals surface area contributed by atoms with Crippen molar-refractivity contribution in [1.29, 1.82) is 0 Å². The maximum absolute atomic E-state index is 13.2. The Labute approximate surface area is 122 Å². The Morgan fingerprint density at radius 1 is 1.50 bits per heavy atom. The zero-order valence-electron chi connectivity index (χ0n) is 11.4. The normalized spacial score (nSPS) is 18.9. The van der Waals surface area contributed by atoms with E-state index in [9.17, 15) is 4.39 Å². The molecule has 0 bridgehead atoms. The van der Waals surface area contributed by atoms with Crippen molar-refractivity contribution in [2.45, 2.75) is 19.0 Å². The van der Waals surface area contributed by atoms with Gasteiger partial charge in [0, 0.05) is 17.4 Å². The van der Waals surface area contributed by atoms with Gasteiger partial charge in [-0.25, -0.2) is 9.37 Å². The van der Waals surface area contributed by atoms with Crippen LogP contribution in [0.4, 0.5) is 4.39 Å². The summed E-state index contributed by atoms with van der Waals surface area (Å²) in [7, 11) is 2.10. The lowest BCUT2D eigenvalue weighted by atomic mass is 10.2. The standard InChI is InChI=1S/C15H17FN2OS/c1-18(13-5-6-20-10-13)9-15-17-8-14(19-15)11-3-2-4-12(16)7-11/h2-4,7-8,13H,5-6,9-10H2,1H3/t13-/m0/s1. The van der Waals surface area contributed by atoms with Gasteiger partial charge < -0.3 is 4.42 Å². The van der Waals surface area contributed by atoms with E-state index < -0.39 is 0 Å². The number of oxazole rings is 1. The van der Waals surface area contributed by atoms with Gasteiger partial charge in [0.25, 0.3) is 0 Å². The SMILES string of the molecule is CN(Cc1ncc(-c2cccc(F)c2)o1)[C@H]1CCSC1. The van der Waals surface area contributed by atoms with E-state index >= 15 is 0 Å². The summed E-state index contributed by atoms with van der Waals surface area (Å²) in [6.07, 6.45) is 2.89. The van der Waals surface area contributed by atoms with Crippen LogP contribution in [0.3, 0.4) is 0 Å². The molecule has 1 aromatic carbocycles. The van der Waals surface area contributed by atoms with E-state index in [1.54, 1.807) is 12.3 Å². The van der Waals surface area contributed by atoms with Gasteiger partial charge in [-0.05, 0) is 31.4 Å². The average molecular weight is 292 g/mol. The third kappa shape index (κ3) is 3.04. The molecule has 1 fully saturated rings. The monoisotopic (exact) mass is 292 g/mol. The molecule has 0 N–H and O–H groups in total.